The topological polar surface area (TPSA) is 94.0 Å². The van der Waals surface area contributed by atoms with Gasteiger partial charge in [-0.3, -0.25) is 9.97 Å². The van der Waals surface area contributed by atoms with Gasteiger partial charge in [0.2, 0.25) is 0 Å². The largest absolute Gasteiger partial charge is 0.383 e. The van der Waals surface area contributed by atoms with Gasteiger partial charge in [0.1, 0.15) is 5.82 Å². The number of nitrogens with one attached hydrogen (secondary N) is 1. The van der Waals surface area contributed by atoms with E-state index in [4.69, 9.17) is 10.7 Å². The van der Waals surface area contributed by atoms with Crippen LogP contribution in [0.1, 0.15) is 11.3 Å². The molecule has 0 fully saturated rings. The van der Waals surface area contributed by atoms with Gasteiger partial charge in [0.15, 0.2) is 5.65 Å². The second kappa shape index (κ2) is 7.38. The normalized spacial score (nSPS) is 11.3. The smallest absolute Gasteiger partial charge is 0.165 e. The van der Waals surface area contributed by atoms with E-state index in [1.165, 1.54) is 5.56 Å². The zero-order valence-corrected chi connectivity index (χ0v) is 17.8. The van der Waals surface area contributed by atoms with Crippen LogP contribution in [0, 0.1) is 6.92 Å². The Hall–Kier alpha value is -3.52. The maximum atomic E-state index is 6.35. The lowest BCUT2D eigenvalue weighted by Gasteiger charge is -2.11. The summed E-state index contributed by atoms with van der Waals surface area (Å²) in [5, 5.41) is 8.88. The average Bonchev–Trinajstić information content (AvgIpc) is 3.19. The number of hydrogen-bond acceptors (Lipinski definition) is 6. The summed E-state index contributed by atoms with van der Waals surface area (Å²) in [6.07, 6.45) is 7.12. The van der Waals surface area contributed by atoms with Crippen LogP contribution in [-0.2, 0) is 6.54 Å². The molecule has 0 saturated heterocycles. The lowest BCUT2D eigenvalue weighted by atomic mass is 10.1. The van der Waals surface area contributed by atoms with E-state index < -0.39 is 0 Å². The highest BCUT2D eigenvalue weighted by atomic mass is 79.9. The Bertz CT molecular complexity index is 1380. The van der Waals surface area contributed by atoms with E-state index in [9.17, 15) is 0 Å². The van der Waals surface area contributed by atoms with Crippen molar-refractivity contribution in [2.24, 2.45) is 0 Å². The number of benzene rings is 1. The summed E-state index contributed by atoms with van der Waals surface area (Å²) in [6, 6.07) is 12.1. The summed E-state index contributed by atoms with van der Waals surface area (Å²) < 4.78 is 2.37. The fraction of sp³-hybridized carbons (Fsp3) is 0.0909. The van der Waals surface area contributed by atoms with Gasteiger partial charge in [0, 0.05) is 40.8 Å². The molecule has 5 rings (SSSR count). The summed E-state index contributed by atoms with van der Waals surface area (Å²) in [5.74, 6) is 0.502. The van der Waals surface area contributed by atoms with Crippen LogP contribution in [0.25, 0.3) is 27.7 Å². The van der Waals surface area contributed by atoms with Crippen molar-refractivity contribution < 1.29 is 0 Å². The van der Waals surface area contributed by atoms with Gasteiger partial charge < -0.3 is 11.1 Å². The van der Waals surface area contributed by atoms with Crippen molar-refractivity contribution in [1.82, 2.24) is 24.6 Å². The van der Waals surface area contributed by atoms with Crippen LogP contribution in [0.5, 0.6) is 0 Å². The van der Waals surface area contributed by atoms with E-state index >= 15 is 0 Å². The van der Waals surface area contributed by atoms with Crippen molar-refractivity contribution >= 4 is 44.0 Å². The third-order valence-electron chi connectivity index (χ3n) is 4.98. The quantitative estimate of drug-likeness (QED) is 0.407. The third-order valence-corrected chi connectivity index (χ3v) is 5.84. The highest BCUT2D eigenvalue weighted by molar-refractivity contribution is 9.10. The molecule has 4 heterocycles. The number of nitrogen functional groups attached to an aromatic ring is 1. The molecule has 5 aromatic rings. The second-order valence-corrected chi connectivity index (χ2v) is 7.85. The molecule has 8 heteroatoms. The van der Waals surface area contributed by atoms with Gasteiger partial charge in [0.05, 0.1) is 28.4 Å². The van der Waals surface area contributed by atoms with Gasteiger partial charge >= 0.3 is 0 Å². The fourth-order valence-electron chi connectivity index (χ4n) is 3.42. The number of fused-ring (bicyclic) bond motifs is 2. The Morgan fingerprint density at radius 1 is 1.10 bits per heavy atom. The minimum absolute atomic E-state index is 0.502. The van der Waals surface area contributed by atoms with Gasteiger partial charge in [-0.1, -0.05) is 11.6 Å². The molecule has 0 aliphatic carbocycles. The number of nitrogens with zero attached hydrogens (tertiary/aromatic N) is 5. The van der Waals surface area contributed by atoms with Crippen LogP contribution in [0.3, 0.4) is 0 Å². The standard InChI is InChI=1S/C22H18BrN7/c1-13-2-3-18-14(8-13)9-15(10-27-18)17-11-28-30-21(24)20(23)19(29-22(17)30)12-26-16-4-6-25-7-5-16/h2-11H,12,24H2,1H3,(H,25,26). The van der Waals surface area contributed by atoms with Crippen molar-refractivity contribution in [3.63, 3.8) is 0 Å². The number of aromatic nitrogens is 5. The van der Waals surface area contributed by atoms with Crippen LogP contribution in [0.4, 0.5) is 11.5 Å². The van der Waals surface area contributed by atoms with E-state index in [1.807, 2.05) is 24.4 Å². The Balaban J connectivity index is 1.59. The number of nitrogens with two attached hydrogens (primary N) is 1. The molecule has 0 radical (unpaired) electrons. The molecule has 0 saturated carbocycles. The number of hydrogen-bond donors (Lipinski definition) is 2. The van der Waals surface area contributed by atoms with Crippen LogP contribution < -0.4 is 11.1 Å². The number of rotatable bonds is 4. The molecule has 30 heavy (non-hydrogen) atoms. The summed E-state index contributed by atoms with van der Waals surface area (Å²) >= 11 is 3.57. The Morgan fingerprint density at radius 2 is 1.93 bits per heavy atom. The molecule has 0 spiro atoms. The highest BCUT2D eigenvalue weighted by Gasteiger charge is 2.16. The summed E-state index contributed by atoms with van der Waals surface area (Å²) in [6.45, 7) is 2.58. The maximum Gasteiger partial charge on any atom is 0.165 e. The zero-order chi connectivity index (χ0) is 20.7. The Morgan fingerprint density at radius 3 is 2.77 bits per heavy atom. The van der Waals surface area contributed by atoms with Crippen molar-refractivity contribution in [2.75, 3.05) is 11.1 Å². The van der Waals surface area contributed by atoms with Crippen LogP contribution in [-0.4, -0.2) is 24.6 Å². The molecular formula is C22H18BrN7. The van der Waals surface area contributed by atoms with Crippen molar-refractivity contribution in [1.29, 1.82) is 0 Å². The van der Waals surface area contributed by atoms with Crippen molar-refractivity contribution in [3.05, 3.63) is 76.9 Å². The molecule has 7 nitrogen and oxygen atoms in total. The number of aryl methyl sites for hydroxylation is 1. The summed E-state index contributed by atoms with van der Waals surface area (Å²) in [5.41, 5.74) is 12.8. The first kappa shape index (κ1) is 18.5. The number of halogens is 1. The second-order valence-electron chi connectivity index (χ2n) is 7.06. The van der Waals surface area contributed by atoms with E-state index in [0.717, 1.165) is 37.9 Å². The molecule has 3 N–H and O–H groups in total. The lowest BCUT2D eigenvalue weighted by Crippen LogP contribution is -2.09. The average molecular weight is 460 g/mol. The molecular weight excluding hydrogens is 442 g/mol. The number of pyridine rings is 2. The molecule has 0 amide bonds. The van der Waals surface area contributed by atoms with Gasteiger partial charge in [-0.25, -0.2) is 4.98 Å². The molecule has 148 valence electrons. The fourth-order valence-corrected chi connectivity index (χ4v) is 3.82. The zero-order valence-electron chi connectivity index (χ0n) is 16.2. The molecule has 0 atom stereocenters. The van der Waals surface area contributed by atoms with E-state index in [-0.39, 0.29) is 0 Å². The first-order valence-electron chi connectivity index (χ1n) is 9.42. The maximum absolute atomic E-state index is 6.35. The Kier molecular flexibility index (Phi) is 4.55. The van der Waals surface area contributed by atoms with E-state index in [2.05, 4.69) is 61.4 Å². The minimum atomic E-state index is 0.502. The molecule has 0 bridgehead atoms. The van der Waals surface area contributed by atoms with Crippen LogP contribution >= 0.6 is 15.9 Å². The highest BCUT2D eigenvalue weighted by Crippen LogP contribution is 2.31. The summed E-state index contributed by atoms with van der Waals surface area (Å²) in [4.78, 5) is 13.5. The van der Waals surface area contributed by atoms with Crippen LogP contribution in [0.2, 0.25) is 0 Å². The van der Waals surface area contributed by atoms with E-state index in [0.29, 0.717) is 18.0 Å². The number of anilines is 2. The molecule has 0 unspecified atom stereocenters. The van der Waals surface area contributed by atoms with Crippen LogP contribution in [0.15, 0.2) is 65.7 Å². The molecule has 0 aliphatic heterocycles. The van der Waals surface area contributed by atoms with Crippen molar-refractivity contribution in [3.8, 4) is 11.1 Å². The Labute approximate surface area is 181 Å². The predicted octanol–water partition coefficient (Wildman–Crippen LogP) is 4.60. The van der Waals surface area contributed by atoms with Gasteiger partial charge in [-0.15, -0.1) is 0 Å². The van der Waals surface area contributed by atoms with Gasteiger partial charge in [-0.2, -0.15) is 9.61 Å². The van der Waals surface area contributed by atoms with Gasteiger partial charge in [-0.05, 0) is 53.2 Å². The molecule has 0 aliphatic rings. The summed E-state index contributed by atoms with van der Waals surface area (Å²) in [7, 11) is 0. The third kappa shape index (κ3) is 3.25. The van der Waals surface area contributed by atoms with Gasteiger partial charge in [0.25, 0.3) is 0 Å². The lowest BCUT2D eigenvalue weighted by molar-refractivity contribution is 0.917. The monoisotopic (exact) mass is 459 g/mol. The van der Waals surface area contributed by atoms with E-state index in [1.54, 1.807) is 23.1 Å². The SMILES string of the molecule is Cc1ccc2ncc(-c3cnn4c(N)c(Br)c(CNc5ccncc5)nc34)cc2c1. The molecule has 4 aromatic heterocycles. The minimum Gasteiger partial charge on any atom is -0.383 e. The predicted molar refractivity (Wildman–Crippen MR) is 122 cm³/mol. The molecule has 1 aromatic carbocycles. The van der Waals surface area contributed by atoms with Crippen molar-refractivity contribution in [2.45, 2.75) is 13.5 Å². The first-order chi connectivity index (χ1) is 14.6. The first-order valence-corrected chi connectivity index (χ1v) is 10.2.